The number of imidazole rings is 1. The molecule has 0 saturated heterocycles. The van der Waals surface area contributed by atoms with E-state index in [1.54, 1.807) is 0 Å². The minimum absolute atomic E-state index is 0.0227. The standard InChI is InChI=1S/C17H18ClN3O2/c18-13-5-3-11(4-6-13)15-8-19-16-10-23-14(9-21(15)16)7-20-17(22)12-1-2-12/h3-6,8,12,14H,1-2,7,9-10H2,(H,20,22). The van der Waals surface area contributed by atoms with Crippen LogP contribution in [0, 0.1) is 5.92 Å². The van der Waals surface area contributed by atoms with Crippen LogP contribution >= 0.6 is 11.6 Å². The number of nitrogens with one attached hydrogen (secondary N) is 1. The number of carbonyl (C=O) groups is 1. The molecule has 2 aromatic rings. The average Bonchev–Trinajstić information content (AvgIpc) is 3.34. The largest absolute Gasteiger partial charge is 0.367 e. The Bertz CT molecular complexity index is 722. The predicted octanol–water partition coefficient (Wildman–Crippen LogP) is 2.63. The second-order valence-corrected chi connectivity index (χ2v) is 6.57. The van der Waals surface area contributed by atoms with Crippen molar-refractivity contribution in [1.29, 1.82) is 0 Å². The molecule has 2 heterocycles. The first kappa shape index (κ1) is 14.7. The summed E-state index contributed by atoms with van der Waals surface area (Å²) >= 11 is 5.96. The lowest BCUT2D eigenvalue weighted by Crippen LogP contribution is -2.39. The number of hydrogen-bond donors (Lipinski definition) is 1. The second-order valence-electron chi connectivity index (χ2n) is 6.13. The summed E-state index contributed by atoms with van der Waals surface area (Å²) in [6.45, 7) is 1.71. The molecule has 1 N–H and O–H groups in total. The van der Waals surface area contributed by atoms with Crippen molar-refractivity contribution in [3.05, 3.63) is 41.3 Å². The third-order valence-corrected chi connectivity index (χ3v) is 4.62. The zero-order valence-corrected chi connectivity index (χ0v) is 13.4. The van der Waals surface area contributed by atoms with Gasteiger partial charge >= 0.3 is 0 Å². The molecule has 1 aromatic heterocycles. The molecule has 1 atom stereocenters. The smallest absolute Gasteiger partial charge is 0.223 e. The molecule has 1 aliphatic carbocycles. The van der Waals surface area contributed by atoms with Gasteiger partial charge in [-0.25, -0.2) is 4.98 Å². The van der Waals surface area contributed by atoms with E-state index in [1.807, 2.05) is 30.5 Å². The predicted molar refractivity (Wildman–Crippen MR) is 87.0 cm³/mol. The Morgan fingerprint density at radius 2 is 2.13 bits per heavy atom. The van der Waals surface area contributed by atoms with Crippen LogP contribution in [-0.2, 0) is 22.7 Å². The van der Waals surface area contributed by atoms with Crippen LogP contribution in [0.4, 0.5) is 0 Å². The highest BCUT2D eigenvalue weighted by atomic mass is 35.5. The summed E-state index contributed by atoms with van der Waals surface area (Å²) in [5.74, 6) is 1.30. The Balaban J connectivity index is 1.48. The van der Waals surface area contributed by atoms with Crippen molar-refractivity contribution in [2.75, 3.05) is 6.54 Å². The fourth-order valence-electron chi connectivity index (χ4n) is 2.86. The van der Waals surface area contributed by atoms with Gasteiger partial charge in [0.05, 0.1) is 24.5 Å². The van der Waals surface area contributed by atoms with E-state index in [-0.39, 0.29) is 17.9 Å². The zero-order chi connectivity index (χ0) is 15.8. The third kappa shape index (κ3) is 3.12. The van der Waals surface area contributed by atoms with E-state index in [0.29, 0.717) is 19.7 Å². The molecule has 23 heavy (non-hydrogen) atoms. The van der Waals surface area contributed by atoms with Gasteiger partial charge < -0.3 is 14.6 Å². The quantitative estimate of drug-likeness (QED) is 0.937. The van der Waals surface area contributed by atoms with Crippen molar-refractivity contribution < 1.29 is 9.53 Å². The molecule has 1 saturated carbocycles. The van der Waals surface area contributed by atoms with Crippen LogP contribution in [0.1, 0.15) is 18.7 Å². The van der Waals surface area contributed by atoms with E-state index in [0.717, 1.165) is 34.9 Å². The number of carbonyl (C=O) groups excluding carboxylic acids is 1. The summed E-state index contributed by atoms with van der Waals surface area (Å²) < 4.78 is 7.97. The molecule has 0 bridgehead atoms. The van der Waals surface area contributed by atoms with Crippen LogP contribution in [0.25, 0.3) is 11.3 Å². The number of halogens is 1. The summed E-state index contributed by atoms with van der Waals surface area (Å²) in [4.78, 5) is 16.2. The van der Waals surface area contributed by atoms with E-state index in [1.165, 1.54) is 0 Å². The molecule has 120 valence electrons. The summed E-state index contributed by atoms with van der Waals surface area (Å²) in [5, 5.41) is 3.71. The van der Waals surface area contributed by atoms with E-state index in [4.69, 9.17) is 16.3 Å². The van der Waals surface area contributed by atoms with Gasteiger partial charge in [-0.2, -0.15) is 0 Å². The number of rotatable bonds is 4. The molecule has 2 aliphatic rings. The Morgan fingerprint density at radius 1 is 1.35 bits per heavy atom. The molecule has 1 amide bonds. The fraction of sp³-hybridized carbons (Fsp3) is 0.412. The molecule has 1 unspecified atom stereocenters. The van der Waals surface area contributed by atoms with E-state index >= 15 is 0 Å². The van der Waals surface area contributed by atoms with Gasteiger partial charge in [-0.15, -0.1) is 0 Å². The van der Waals surface area contributed by atoms with Gasteiger partial charge in [0, 0.05) is 17.5 Å². The molecule has 0 radical (unpaired) electrons. The number of aromatic nitrogens is 2. The van der Waals surface area contributed by atoms with Gasteiger partial charge in [-0.1, -0.05) is 23.7 Å². The summed E-state index contributed by atoms with van der Waals surface area (Å²) in [7, 11) is 0. The topological polar surface area (TPSA) is 56.2 Å². The van der Waals surface area contributed by atoms with Gasteiger partial charge in [0.25, 0.3) is 0 Å². The number of nitrogens with zero attached hydrogens (tertiary/aromatic N) is 2. The lowest BCUT2D eigenvalue weighted by Gasteiger charge is -2.26. The van der Waals surface area contributed by atoms with Crippen molar-refractivity contribution in [3.63, 3.8) is 0 Å². The summed E-state index contributed by atoms with van der Waals surface area (Å²) in [6, 6.07) is 7.74. The molecule has 1 aliphatic heterocycles. The number of fused-ring (bicyclic) bond motifs is 1. The Morgan fingerprint density at radius 3 is 2.87 bits per heavy atom. The second kappa shape index (κ2) is 5.98. The first-order chi connectivity index (χ1) is 11.2. The van der Waals surface area contributed by atoms with Gasteiger partial charge in [0.2, 0.25) is 5.91 Å². The first-order valence-corrected chi connectivity index (χ1v) is 8.28. The van der Waals surface area contributed by atoms with Crippen LogP contribution in [-0.4, -0.2) is 28.1 Å². The van der Waals surface area contributed by atoms with Crippen molar-refractivity contribution in [2.24, 2.45) is 5.92 Å². The summed E-state index contributed by atoms with van der Waals surface area (Å²) in [6.07, 6.45) is 3.88. The average molecular weight is 332 g/mol. The monoisotopic (exact) mass is 331 g/mol. The van der Waals surface area contributed by atoms with Gasteiger partial charge in [-0.05, 0) is 30.5 Å². The molecule has 4 rings (SSSR count). The molecular weight excluding hydrogens is 314 g/mol. The minimum Gasteiger partial charge on any atom is -0.367 e. The minimum atomic E-state index is -0.0227. The molecule has 1 aromatic carbocycles. The third-order valence-electron chi connectivity index (χ3n) is 4.36. The van der Waals surface area contributed by atoms with Crippen molar-refractivity contribution >= 4 is 17.5 Å². The lowest BCUT2D eigenvalue weighted by atomic mass is 10.1. The van der Waals surface area contributed by atoms with Crippen molar-refractivity contribution in [2.45, 2.75) is 32.1 Å². The summed E-state index contributed by atoms with van der Waals surface area (Å²) in [5.41, 5.74) is 2.13. The van der Waals surface area contributed by atoms with Crippen LogP contribution < -0.4 is 5.32 Å². The van der Waals surface area contributed by atoms with E-state index < -0.39 is 0 Å². The zero-order valence-electron chi connectivity index (χ0n) is 12.7. The Kier molecular flexibility index (Phi) is 3.83. The van der Waals surface area contributed by atoms with Gasteiger partial charge in [0.15, 0.2) is 0 Å². The Hall–Kier alpha value is -1.85. The highest BCUT2D eigenvalue weighted by molar-refractivity contribution is 6.30. The van der Waals surface area contributed by atoms with E-state index in [2.05, 4.69) is 14.9 Å². The Labute approximate surface area is 139 Å². The first-order valence-electron chi connectivity index (χ1n) is 7.90. The molecule has 5 nitrogen and oxygen atoms in total. The molecule has 6 heteroatoms. The maximum Gasteiger partial charge on any atom is 0.223 e. The van der Waals surface area contributed by atoms with Crippen molar-refractivity contribution in [1.82, 2.24) is 14.9 Å². The number of ether oxygens (including phenoxy) is 1. The van der Waals surface area contributed by atoms with Crippen LogP contribution in [0.15, 0.2) is 30.5 Å². The molecular formula is C17H18ClN3O2. The van der Waals surface area contributed by atoms with E-state index in [9.17, 15) is 4.79 Å². The SMILES string of the molecule is O=C(NCC1Cn2c(-c3ccc(Cl)cc3)cnc2CO1)C1CC1. The molecule has 0 spiro atoms. The van der Waals surface area contributed by atoms with Crippen LogP contribution in [0.2, 0.25) is 5.02 Å². The number of hydrogen-bond acceptors (Lipinski definition) is 3. The fourth-order valence-corrected chi connectivity index (χ4v) is 2.99. The highest BCUT2D eigenvalue weighted by Crippen LogP contribution is 2.29. The maximum atomic E-state index is 11.8. The van der Waals surface area contributed by atoms with Crippen LogP contribution in [0.3, 0.4) is 0 Å². The van der Waals surface area contributed by atoms with Crippen molar-refractivity contribution in [3.8, 4) is 11.3 Å². The number of benzene rings is 1. The molecule has 1 fully saturated rings. The normalized spacial score (nSPS) is 20.1. The lowest BCUT2D eigenvalue weighted by molar-refractivity contribution is -0.123. The maximum absolute atomic E-state index is 11.8. The van der Waals surface area contributed by atoms with Gasteiger partial charge in [0.1, 0.15) is 12.4 Å². The van der Waals surface area contributed by atoms with Gasteiger partial charge in [-0.3, -0.25) is 4.79 Å². The van der Waals surface area contributed by atoms with Crippen LogP contribution in [0.5, 0.6) is 0 Å². The highest BCUT2D eigenvalue weighted by Gasteiger charge is 2.30. The number of amides is 1.